The van der Waals surface area contributed by atoms with Gasteiger partial charge < -0.3 is 5.32 Å². The van der Waals surface area contributed by atoms with Gasteiger partial charge in [-0.25, -0.2) is 0 Å². The Kier molecular flexibility index (Phi) is 4.46. The van der Waals surface area contributed by atoms with Gasteiger partial charge in [-0.05, 0) is 71.6 Å². The molecule has 1 atom stereocenters. The molecule has 0 aliphatic heterocycles. The molecule has 1 nitrogen and oxygen atoms in total. The van der Waals surface area contributed by atoms with Crippen LogP contribution < -0.4 is 5.32 Å². The predicted octanol–water partition coefficient (Wildman–Crippen LogP) is 5.55. The molecule has 1 aromatic carbocycles. The van der Waals surface area contributed by atoms with Crippen molar-refractivity contribution in [2.45, 2.75) is 33.2 Å². The summed E-state index contributed by atoms with van der Waals surface area (Å²) >= 11 is 5.29. The highest BCUT2D eigenvalue weighted by Gasteiger charge is 2.08. The second-order valence-electron chi connectivity index (χ2n) is 4.50. The van der Waals surface area contributed by atoms with Crippen LogP contribution in [0.1, 0.15) is 35.9 Å². The van der Waals surface area contributed by atoms with Crippen molar-refractivity contribution in [1.29, 1.82) is 0 Å². The van der Waals surface area contributed by atoms with Gasteiger partial charge in [0.2, 0.25) is 0 Å². The molecule has 0 aliphatic rings. The standard InChI is InChI=1S/C15H18BrNS/c1-4-12-9-13(6-5-10(12)2)17-11(3)14-7-8-15(16)18-14/h5-9,11,17H,4H2,1-3H3. The fraction of sp³-hybridized carbons (Fsp3) is 0.333. The molecule has 0 amide bonds. The first-order valence-electron chi connectivity index (χ1n) is 6.21. The Morgan fingerprint density at radius 3 is 2.67 bits per heavy atom. The summed E-state index contributed by atoms with van der Waals surface area (Å²) in [5, 5.41) is 3.56. The first kappa shape index (κ1) is 13.6. The number of halogens is 1. The van der Waals surface area contributed by atoms with E-state index in [2.05, 4.69) is 72.3 Å². The number of rotatable bonds is 4. The zero-order chi connectivity index (χ0) is 13.1. The minimum Gasteiger partial charge on any atom is -0.378 e. The maximum Gasteiger partial charge on any atom is 0.0702 e. The summed E-state index contributed by atoms with van der Waals surface area (Å²) in [4.78, 5) is 1.35. The number of anilines is 1. The summed E-state index contributed by atoms with van der Waals surface area (Å²) in [6.07, 6.45) is 1.08. The monoisotopic (exact) mass is 323 g/mol. The maximum absolute atomic E-state index is 3.56. The van der Waals surface area contributed by atoms with Gasteiger partial charge in [-0.2, -0.15) is 0 Å². The van der Waals surface area contributed by atoms with E-state index in [0.717, 1.165) is 6.42 Å². The zero-order valence-corrected chi connectivity index (χ0v) is 13.4. The van der Waals surface area contributed by atoms with Crippen molar-refractivity contribution in [3.63, 3.8) is 0 Å². The van der Waals surface area contributed by atoms with Crippen LogP contribution >= 0.6 is 27.3 Å². The van der Waals surface area contributed by atoms with Gasteiger partial charge in [0, 0.05) is 10.6 Å². The molecular formula is C15H18BrNS. The van der Waals surface area contributed by atoms with Crippen molar-refractivity contribution < 1.29 is 0 Å². The minimum atomic E-state index is 0.341. The van der Waals surface area contributed by atoms with E-state index in [4.69, 9.17) is 0 Å². The van der Waals surface area contributed by atoms with Gasteiger partial charge in [-0.3, -0.25) is 0 Å². The molecule has 1 unspecified atom stereocenters. The smallest absolute Gasteiger partial charge is 0.0702 e. The Morgan fingerprint density at radius 2 is 2.06 bits per heavy atom. The molecule has 18 heavy (non-hydrogen) atoms. The molecule has 1 heterocycles. The molecule has 0 bridgehead atoms. The van der Waals surface area contributed by atoms with Gasteiger partial charge in [-0.1, -0.05) is 13.0 Å². The van der Waals surface area contributed by atoms with Crippen LogP contribution in [0.15, 0.2) is 34.1 Å². The van der Waals surface area contributed by atoms with Crippen molar-refractivity contribution >= 4 is 33.0 Å². The van der Waals surface area contributed by atoms with Crippen LogP contribution in [0.5, 0.6) is 0 Å². The summed E-state index contributed by atoms with van der Waals surface area (Å²) in [5.41, 5.74) is 3.99. The Bertz CT molecular complexity index is 533. The lowest BCUT2D eigenvalue weighted by Crippen LogP contribution is -2.05. The van der Waals surface area contributed by atoms with Crippen LogP contribution in [0.25, 0.3) is 0 Å². The van der Waals surface area contributed by atoms with E-state index >= 15 is 0 Å². The minimum absolute atomic E-state index is 0.341. The molecule has 0 saturated heterocycles. The van der Waals surface area contributed by atoms with E-state index in [-0.39, 0.29) is 0 Å². The average molecular weight is 324 g/mol. The molecule has 0 spiro atoms. The zero-order valence-electron chi connectivity index (χ0n) is 11.0. The first-order chi connectivity index (χ1) is 8.60. The molecular weight excluding hydrogens is 306 g/mol. The fourth-order valence-corrected chi connectivity index (χ4v) is 3.45. The van der Waals surface area contributed by atoms with E-state index < -0.39 is 0 Å². The summed E-state index contributed by atoms with van der Waals surface area (Å²) < 4.78 is 1.18. The molecule has 1 N–H and O–H groups in total. The molecule has 3 heteroatoms. The highest BCUT2D eigenvalue weighted by atomic mass is 79.9. The largest absolute Gasteiger partial charge is 0.378 e. The van der Waals surface area contributed by atoms with Gasteiger partial charge in [0.25, 0.3) is 0 Å². The Balaban J connectivity index is 2.14. The summed E-state index contributed by atoms with van der Waals surface area (Å²) in [5.74, 6) is 0. The second kappa shape index (κ2) is 5.89. The van der Waals surface area contributed by atoms with Crippen LogP contribution in [0, 0.1) is 6.92 Å². The van der Waals surface area contributed by atoms with Gasteiger partial charge >= 0.3 is 0 Å². The number of nitrogens with one attached hydrogen (secondary N) is 1. The highest BCUT2D eigenvalue weighted by Crippen LogP contribution is 2.29. The number of aryl methyl sites for hydroxylation is 2. The lowest BCUT2D eigenvalue weighted by molar-refractivity contribution is 0.906. The Hall–Kier alpha value is -0.800. The normalized spacial score (nSPS) is 12.4. The molecule has 96 valence electrons. The van der Waals surface area contributed by atoms with Crippen molar-refractivity contribution in [2.24, 2.45) is 0 Å². The molecule has 0 fully saturated rings. The SMILES string of the molecule is CCc1cc(NC(C)c2ccc(Br)s2)ccc1C. The topological polar surface area (TPSA) is 12.0 Å². The molecule has 2 aromatic rings. The molecule has 0 aliphatic carbocycles. The third-order valence-corrected chi connectivity index (χ3v) is 4.94. The summed E-state index contributed by atoms with van der Waals surface area (Å²) in [6, 6.07) is 11.2. The Morgan fingerprint density at radius 1 is 1.28 bits per heavy atom. The molecule has 2 rings (SSSR count). The van der Waals surface area contributed by atoms with E-state index in [1.807, 2.05) is 0 Å². The third kappa shape index (κ3) is 3.15. The van der Waals surface area contributed by atoms with E-state index in [1.54, 1.807) is 11.3 Å². The summed E-state index contributed by atoms with van der Waals surface area (Å²) in [6.45, 7) is 6.57. The van der Waals surface area contributed by atoms with Crippen LogP contribution in [-0.2, 0) is 6.42 Å². The quantitative estimate of drug-likeness (QED) is 0.777. The van der Waals surface area contributed by atoms with Crippen molar-refractivity contribution in [1.82, 2.24) is 0 Å². The predicted molar refractivity (Wildman–Crippen MR) is 84.6 cm³/mol. The van der Waals surface area contributed by atoms with Crippen LogP contribution in [0.4, 0.5) is 5.69 Å². The second-order valence-corrected chi connectivity index (χ2v) is 7.00. The number of hydrogen-bond acceptors (Lipinski definition) is 2. The lowest BCUT2D eigenvalue weighted by atomic mass is 10.1. The van der Waals surface area contributed by atoms with Crippen molar-refractivity contribution in [2.75, 3.05) is 5.32 Å². The van der Waals surface area contributed by atoms with Gasteiger partial charge in [0.1, 0.15) is 0 Å². The van der Waals surface area contributed by atoms with E-state index in [9.17, 15) is 0 Å². The van der Waals surface area contributed by atoms with Crippen LogP contribution in [-0.4, -0.2) is 0 Å². The number of benzene rings is 1. The fourth-order valence-electron chi connectivity index (χ4n) is 2.02. The third-order valence-electron chi connectivity index (χ3n) is 3.13. The van der Waals surface area contributed by atoms with E-state index in [1.165, 1.54) is 25.5 Å². The number of thiophene rings is 1. The molecule has 1 aromatic heterocycles. The van der Waals surface area contributed by atoms with Gasteiger partial charge in [-0.15, -0.1) is 11.3 Å². The average Bonchev–Trinajstić information content (AvgIpc) is 2.78. The lowest BCUT2D eigenvalue weighted by Gasteiger charge is -2.15. The summed E-state index contributed by atoms with van der Waals surface area (Å²) in [7, 11) is 0. The van der Waals surface area contributed by atoms with Crippen LogP contribution in [0.3, 0.4) is 0 Å². The first-order valence-corrected chi connectivity index (χ1v) is 7.82. The maximum atomic E-state index is 3.56. The Labute approximate surface area is 121 Å². The van der Waals surface area contributed by atoms with Gasteiger partial charge in [0.15, 0.2) is 0 Å². The highest BCUT2D eigenvalue weighted by molar-refractivity contribution is 9.11. The van der Waals surface area contributed by atoms with Crippen LogP contribution in [0.2, 0.25) is 0 Å². The van der Waals surface area contributed by atoms with Crippen molar-refractivity contribution in [3.8, 4) is 0 Å². The van der Waals surface area contributed by atoms with E-state index in [0.29, 0.717) is 6.04 Å². The van der Waals surface area contributed by atoms with Crippen molar-refractivity contribution in [3.05, 3.63) is 50.1 Å². The number of hydrogen-bond donors (Lipinski definition) is 1. The van der Waals surface area contributed by atoms with Gasteiger partial charge in [0.05, 0.1) is 9.83 Å². The molecule has 0 saturated carbocycles. The molecule has 0 radical (unpaired) electrons.